The lowest BCUT2D eigenvalue weighted by molar-refractivity contribution is -0.123. The second-order valence-electron chi connectivity index (χ2n) is 7.28. The molecule has 0 radical (unpaired) electrons. The summed E-state index contributed by atoms with van der Waals surface area (Å²) >= 11 is 6.72. The lowest BCUT2D eigenvalue weighted by Crippen LogP contribution is -2.31. The fourth-order valence-corrected chi connectivity index (χ4v) is 4.92. The lowest BCUT2D eigenvalue weighted by atomic mass is 10.1. The Labute approximate surface area is 190 Å². The van der Waals surface area contributed by atoms with E-state index < -0.39 is 0 Å². The van der Waals surface area contributed by atoms with Crippen LogP contribution >= 0.6 is 24.0 Å². The van der Waals surface area contributed by atoms with Gasteiger partial charge in [-0.1, -0.05) is 60.4 Å². The number of fused-ring (bicyclic) bond motifs is 1. The molecule has 1 aliphatic rings. The Morgan fingerprint density at radius 1 is 1.19 bits per heavy atom. The summed E-state index contributed by atoms with van der Waals surface area (Å²) in [5.41, 5.74) is 2.61. The molecule has 1 fully saturated rings. The summed E-state index contributed by atoms with van der Waals surface area (Å²) in [5, 5.41) is 3.15. The number of thiocarbonyl (C=S) groups is 1. The van der Waals surface area contributed by atoms with Gasteiger partial charge in [-0.05, 0) is 44.0 Å². The Hall–Kier alpha value is -2.97. The zero-order chi connectivity index (χ0) is 22.1. The van der Waals surface area contributed by atoms with Crippen molar-refractivity contribution >= 4 is 51.7 Å². The third-order valence-corrected chi connectivity index (χ3v) is 6.45. The van der Waals surface area contributed by atoms with E-state index in [1.54, 1.807) is 17.2 Å². The van der Waals surface area contributed by atoms with Crippen molar-refractivity contribution in [2.75, 3.05) is 11.9 Å². The number of pyridine rings is 1. The number of nitrogens with zero attached hydrogens (tertiary/aromatic N) is 3. The van der Waals surface area contributed by atoms with Crippen LogP contribution in [-0.4, -0.2) is 31.1 Å². The fraction of sp³-hybridized carbons (Fsp3) is 0.217. The number of aryl methyl sites for hydroxylation is 1. The van der Waals surface area contributed by atoms with Crippen LogP contribution in [0.15, 0.2) is 58.4 Å². The molecule has 6 nitrogen and oxygen atoms in total. The second-order valence-corrected chi connectivity index (χ2v) is 8.96. The van der Waals surface area contributed by atoms with Crippen molar-refractivity contribution in [3.05, 3.63) is 80.6 Å². The summed E-state index contributed by atoms with van der Waals surface area (Å²) in [7, 11) is 0. The van der Waals surface area contributed by atoms with E-state index in [1.165, 1.54) is 16.2 Å². The normalized spacial score (nSPS) is 16.4. The van der Waals surface area contributed by atoms with Gasteiger partial charge in [0.15, 0.2) is 0 Å². The maximum Gasteiger partial charge on any atom is 0.267 e. The Balaban J connectivity index is 1.78. The van der Waals surface area contributed by atoms with Crippen LogP contribution in [0.1, 0.15) is 36.6 Å². The highest BCUT2D eigenvalue weighted by Gasteiger charge is 2.36. The van der Waals surface area contributed by atoms with Crippen LogP contribution < -0.4 is 10.9 Å². The van der Waals surface area contributed by atoms with Gasteiger partial charge in [-0.25, -0.2) is 4.98 Å². The number of rotatable bonds is 5. The lowest BCUT2D eigenvalue weighted by Gasteiger charge is -2.23. The second kappa shape index (κ2) is 8.64. The fourth-order valence-electron chi connectivity index (χ4n) is 3.52. The number of hydrogen-bond acceptors (Lipinski definition) is 6. The van der Waals surface area contributed by atoms with Gasteiger partial charge in [0.2, 0.25) is 0 Å². The summed E-state index contributed by atoms with van der Waals surface area (Å²) in [5.74, 6) is 0.250. The van der Waals surface area contributed by atoms with E-state index >= 15 is 0 Å². The van der Waals surface area contributed by atoms with E-state index in [9.17, 15) is 9.59 Å². The number of benzene rings is 1. The van der Waals surface area contributed by atoms with Crippen LogP contribution in [0, 0.1) is 6.92 Å². The first-order valence-electron chi connectivity index (χ1n) is 9.99. The molecule has 1 N–H and O–H groups in total. The predicted molar refractivity (Wildman–Crippen MR) is 130 cm³/mol. The minimum atomic E-state index is -0.231. The third kappa shape index (κ3) is 4.00. The summed E-state index contributed by atoms with van der Waals surface area (Å²) in [6.45, 7) is 6.40. The first-order valence-corrected chi connectivity index (χ1v) is 11.2. The van der Waals surface area contributed by atoms with Gasteiger partial charge in [-0.15, -0.1) is 0 Å². The molecule has 0 aliphatic carbocycles. The van der Waals surface area contributed by atoms with Crippen molar-refractivity contribution in [1.82, 2.24) is 14.3 Å². The molecule has 1 atom stereocenters. The van der Waals surface area contributed by atoms with E-state index in [-0.39, 0.29) is 17.5 Å². The third-order valence-electron chi connectivity index (χ3n) is 5.12. The maximum absolute atomic E-state index is 13.3. The molecule has 3 aromatic rings. The Morgan fingerprint density at radius 3 is 2.65 bits per heavy atom. The SMILES string of the molecule is CCNc1nc2ccc(C)cn2c(=O)c1/C=C1/SC(=S)N(C(C)c2ccccc2)C1=O. The van der Waals surface area contributed by atoms with E-state index in [4.69, 9.17) is 12.2 Å². The number of carbonyl (C=O) groups excluding carboxylic acids is 1. The summed E-state index contributed by atoms with van der Waals surface area (Å²) in [4.78, 5) is 33.1. The van der Waals surface area contributed by atoms with E-state index in [1.807, 2.05) is 63.2 Å². The van der Waals surface area contributed by atoms with Gasteiger partial charge in [0.05, 0.1) is 16.5 Å². The number of nitrogens with one attached hydrogen (secondary N) is 1. The molecule has 3 heterocycles. The summed E-state index contributed by atoms with van der Waals surface area (Å²) in [6, 6.07) is 13.3. The molecule has 2 aromatic heterocycles. The number of carbonyl (C=O) groups is 1. The molecule has 31 heavy (non-hydrogen) atoms. The zero-order valence-corrected chi connectivity index (χ0v) is 19.1. The Bertz CT molecular complexity index is 1270. The Morgan fingerprint density at radius 2 is 1.94 bits per heavy atom. The molecule has 0 saturated carbocycles. The average Bonchev–Trinajstić information content (AvgIpc) is 3.04. The number of amides is 1. The maximum atomic E-state index is 13.3. The van der Waals surface area contributed by atoms with Crippen molar-refractivity contribution in [1.29, 1.82) is 0 Å². The highest BCUT2D eigenvalue weighted by molar-refractivity contribution is 8.26. The molecule has 0 bridgehead atoms. The van der Waals surface area contributed by atoms with Gasteiger partial charge in [0.1, 0.15) is 15.8 Å². The summed E-state index contributed by atoms with van der Waals surface area (Å²) in [6.07, 6.45) is 3.36. The molecular weight excluding hydrogens is 428 g/mol. The quantitative estimate of drug-likeness (QED) is 0.459. The first-order chi connectivity index (χ1) is 14.9. The Kier molecular flexibility index (Phi) is 5.93. The van der Waals surface area contributed by atoms with Crippen molar-refractivity contribution < 1.29 is 4.79 Å². The molecule has 0 spiro atoms. The van der Waals surface area contributed by atoms with Crippen LogP contribution in [0.5, 0.6) is 0 Å². The predicted octanol–water partition coefficient (Wildman–Crippen LogP) is 4.40. The van der Waals surface area contributed by atoms with Gasteiger partial charge >= 0.3 is 0 Å². The van der Waals surface area contributed by atoms with Crippen molar-refractivity contribution in [3.63, 3.8) is 0 Å². The van der Waals surface area contributed by atoms with Gasteiger partial charge in [0.25, 0.3) is 11.5 Å². The first kappa shape index (κ1) is 21.3. The topological polar surface area (TPSA) is 66.7 Å². The molecule has 4 rings (SSSR count). The average molecular weight is 451 g/mol. The van der Waals surface area contributed by atoms with Crippen molar-refractivity contribution in [2.24, 2.45) is 0 Å². The highest BCUT2D eigenvalue weighted by atomic mass is 32.2. The minimum absolute atomic E-state index is 0.202. The van der Waals surface area contributed by atoms with Gasteiger partial charge in [-0.2, -0.15) is 0 Å². The number of anilines is 1. The molecule has 8 heteroatoms. The molecule has 158 valence electrons. The van der Waals surface area contributed by atoms with Gasteiger partial charge in [-0.3, -0.25) is 18.9 Å². The molecule has 1 aliphatic heterocycles. The molecular formula is C23H22N4O2S2. The molecule has 1 amide bonds. The van der Waals surface area contributed by atoms with Crippen molar-refractivity contribution in [2.45, 2.75) is 26.8 Å². The number of thioether (sulfide) groups is 1. The van der Waals surface area contributed by atoms with E-state index in [0.717, 1.165) is 11.1 Å². The zero-order valence-electron chi connectivity index (χ0n) is 17.5. The van der Waals surface area contributed by atoms with Crippen LogP contribution in [0.4, 0.5) is 5.82 Å². The highest BCUT2D eigenvalue weighted by Crippen LogP contribution is 2.38. The van der Waals surface area contributed by atoms with Crippen LogP contribution in [0.25, 0.3) is 11.7 Å². The van der Waals surface area contributed by atoms with Crippen LogP contribution in [0.2, 0.25) is 0 Å². The monoisotopic (exact) mass is 450 g/mol. The number of hydrogen-bond donors (Lipinski definition) is 1. The van der Waals surface area contributed by atoms with E-state index in [0.29, 0.717) is 32.8 Å². The standard InChI is InChI=1S/C23H22N4O2S2/c1-4-24-20-17(21(28)26-13-14(2)10-11-19(26)25-20)12-18-22(29)27(23(30)31-18)15(3)16-8-6-5-7-9-16/h5-13,15,24H,4H2,1-3H3/b18-12+. The molecule has 1 saturated heterocycles. The minimum Gasteiger partial charge on any atom is -0.370 e. The van der Waals surface area contributed by atoms with E-state index in [2.05, 4.69) is 10.3 Å². The van der Waals surface area contributed by atoms with Gasteiger partial charge in [0, 0.05) is 12.7 Å². The van der Waals surface area contributed by atoms with Crippen LogP contribution in [0.3, 0.4) is 0 Å². The number of aromatic nitrogens is 2. The smallest absolute Gasteiger partial charge is 0.267 e. The molecule has 1 aromatic carbocycles. The largest absolute Gasteiger partial charge is 0.370 e. The summed E-state index contributed by atoms with van der Waals surface area (Å²) < 4.78 is 1.98. The van der Waals surface area contributed by atoms with Crippen molar-refractivity contribution in [3.8, 4) is 0 Å². The van der Waals surface area contributed by atoms with Gasteiger partial charge < -0.3 is 5.32 Å². The van der Waals surface area contributed by atoms with Crippen LogP contribution in [-0.2, 0) is 4.79 Å². The molecule has 1 unspecified atom stereocenters.